The number of benzene rings is 3. The Bertz CT molecular complexity index is 992. The molecule has 3 aromatic carbocycles. The first-order valence-corrected chi connectivity index (χ1v) is 8.46. The van der Waals surface area contributed by atoms with Crippen LogP contribution in [0.4, 0.5) is 11.4 Å². The molecule has 0 aliphatic heterocycles. The van der Waals surface area contributed by atoms with Crippen LogP contribution in [0.25, 0.3) is 11.1 Å². The van der Waals surface area contributed by atoms with E-state index in [-0.39, 0.29) is 0 Å². The molecule has 0 heterocycles. The zero-order chi connectivity index (χ0) is 18.1. The van der Waals surface area contributed by atoms with Crippen LogP contribution in [0.5, 0.6) is 0 Å². The van der Waals surface area contributed by atoms with Crippen LogP contribution >= 0.6 is 0 Å². The van der Waals surface area contributed by atoms with E-state index in [1.165, 1.54) is 0 Å². The molecule has 1 aliphatic rings. The molecule has 3 nitrogen and oxygen atoms in total. The SMILES string of the molecule is N=C1C=CC(=C(c2ccc(N)cc2)c2ccc(N)cc2)c2ccccc21. The van der Waals surface area contributed by atoms with E-state index in [1.54, 1.807) is 0 Å². The second kappa shape index (κ2) is 6.37. The molecule has 0 radical (unpaired) electrons. The van der Waals surface area contributed by atoms with E-state index in [9.17, 15) is 0 Å². The number of nitrogens with two attached hydrogens (primary N) is 2. The summed E-state index contributed by atoms with van der Waals surface area (Å²) in [7, 11) is 0. The Morgan fingerprint density at radius 2 is 1.12 bits per heavy atom. The molecule has 0 spiro atoms. The first kappa shape index (κ1) is 15.9. The largest absolute Gasteiger partial charge is 0.399 e. The van der Waals surface area contributed by atoms with Crippen LogP contribution in [0.2, 0.25) is 0 Å². The molecule has 3 aromatic rings. The Morgan fingerprint density at radius 3 is 1.65 bits per heavy atom. The van der Waals surface area contributed by atoms with Gasteiger partial charge in [-0.1, -0.05) is 54.6 Å². The highest BCUT2D eigenvalue weighted by Crippen LogP contribution is 2.37. The molecule has 5 N–H and O–H groups in total. The van der Waals surface area contributed by atoms with Crippen molar-refractivity contribution < 1.29 is 0 Å². The highest BCUT2D eigenvalue weighted by atomic mass is 14.5. The van der Waals surface area contributed by atoms with Crippen molar-refractivity contribution in [2.75, 3.05) is 11.5 Å². The summed E-state index contributed by atoms with van der Waals surface area (Å²) in [5.41, 5.74) is 20.1. The minimum absolute atomic E-state index is 0.526. The van der Waals surface area contributed by atoms with E-state index >= 15 is 0 Å². The second-order valence-corrected chi connectivity index (χ2v) is 6.33. The predicted octanol–water partition coefficient (Wildman–Crippen LogP) is 4.75. The summed E-state index contributed by atoms with van der Waals surface area (Å²) < 4.78 is 0. The highest BCUT2D eigenvalue weighted by Gasteiger charge is 2.19. The number of nitrogens with one attached hydrogen (secondary N) is 1. The van der Waals surface area contributed by atoms with Crippen molar-refractivity contribution in [2.24, 2.45) is 0 Å². The Balaban J connectivity index is 2.03. The lowest BCUT2D eigenvalue weighted by molar-refractivity contribution is 1.45. The Labute approximate surface area is 152 Å². The molecule has 1 aliphatic carbocycles. The second-order valence-electron chi connectivity index (χ2n) is 6.33. The average molecular weight is 337 g/mol. The van der Waals surface area contributed by atoms with E-state index in [2.05, 4.69) is 6.07 Å². The van der Waals surface area contributed by atoms with Crippen LogP contribution in [-0.4, -0.2) is 5.71 Å². The molecule has 0 bridgehead atoms. The number of hydrogen-bond acceptors (Lipinski definition) is 3. The molecule has 4 rings (SSSR count). The van der Waals surface area contributed by atoms with Gasteiger partial charge in [-0.05, 0) is 58.2 Å². The van der Waals surface area contributed by atoms with Gasteiger partial charge in [0.1, 0.15) is 0 Å². The van der Waals surface area contributed by atoms with E-state index in [0.29, 0.717) is 5.71 Å². The zero-order valence-electron chi connectivity index (χ0n) is 14.2. The van der Waals surface area contributed by atoms with Gasteiger partial charge < -0.3 is 16.9 Å². The van der Waals surface area contributed by atoms with E-state index in [1.807, 2.05) is 78.9 Å². The number of nitrogen functional groups attached to an aromatic ring is 2. The summed E-state index contributed by atoms with van der Waals surface area (Å²) in [4.78, 5) is 0. The standard InChI is InChI=1S/C23H19N3/c24-17-9-5-15(6-10-17)23(16-7-11-18(25)12-8-16)21-13-14-22(26)20-4-2-1-3-19(20)21/h1-14,26H,24-25H2. The molecular formula is C23H19N3. The molecule has 0 saturated heterocycles. The van der Waals surface area contributed by atoms with Crippen molar-refractivity contribution in [3.8, 4) is 0 Å². The molecular weight excluding hydrogens is 318 g/mol. The number of hydrogen-bond donors (Lipinski definition) is 3. The first-order valence-electron chi connectivity index (χ1n) is 8.46. The molecule has 0 amide bonds. The number of anilines is 2. The van der Waals surface area contributed by atoms with Crippen molar-refractivity contribution in [2.45, 2.75) is 0 Å². The van der Waals surface area contributed by atoms with Gasteiger partial charge >= 0.3 is 0 Å². The van der Waals surface area contributed by atoms with Crippen LogP contribution < -0.4 is 11.5 Å². The van der Waals surface area contributed by atoms with Gasteiger partial charge in [-0.3, -0.25) is 0 Å². The van der Waals surface area contributed by atoms with E-state index in [4.69, 9.17) is 16.9 Å². The smallest absolute Gasteiger partial charge is 0.0618 e. The normalized spacial score (nSPS) is 12.8. The van der Waals surface area contributed by atoms with Crippen LogP contribution in [0, 0.1) is 5.41 Å². The minimum Gasteiger partial charge on any atom is -0.399 e. The maximum atomic E-state index is 8.22. The van der Waals surface area contributed by atoms with Crippen molar-refractivity contribution in [3.05, 3.63) is 107 Å². The van der Waals surface area contributed by atoms with Gasteiger partial charge in [0.25, 0.3) is 0 Å². The summed E-state index contributed by atoms with van der Waals surface area (Å²) in [6, 6.07) is 23.8. The van der Waals surface area contributed by atoms with Gasteiger partial charge in [0.2, 0.25) is 0 Å². The van der Waals surface area contributed by atoms with Gasteiger partial charge in [-0.25, -0.2) is 0 Å². The van der Waals surface area contributed by atoms with Crippen LogP contribution in [0.3, 0.4) is 0 Å². The third-order valence-corrected chi connectivity index (χ3v) is 4.59. The summed E-state index contributed by atoms with van der Waals surface area (Å²) in [6.07, 6.45) is 3.87. The summed E-state index contributed by atoms with van der Waals surface area (Å²) >= 11 is 0. The quantitative estimate of drug-likeness (QED) is 0.590. The van der Waals surface area contributed by atoms with Crippen molar-refractivity contribution in [1.82, 2.24) is 0 Å². The van der Waals surface area contributed by atoms with E-state index in [0.717, 1.165) is 44.8 Å². The molecule has 0 unspecified atom stereocenters. The lowest BCUT2D eigenvalue weighted by Gasteiger charge is -2.20. The topological polar surface area (TPSA) is 75.9 Å². The van der Waals surface area contributed by atoms with Crippen molar-refractivity contribution in [1.29, 1.82) is 5.41 Å². The third-order valence-electron chi connectivity index (χ3n) is 4.59. The monoisotopic (exact) mass is 337 g/mol. The third kappa shape index (κ3) is 2.80. The number of fused-ring (bicyclic) bond motifs is 1. The Hall–Kier alpha value is -3.59. The fourth-order valence-corrected chi connectivity index (χ4v) is 3.29. The molecule has 3 heteroatoms. The van der Waals surface area contributed by atoms with Gasteiger partial charge in [0.05, 0.1) is 5.71 Å². The predicted molar refractivity (Wildman–Crippen MR) is 110 cm³/mol. The van der Waals surface area contributed by atoms with E-state index < -0.39 is 0 Å². The van der Waals surface area contributed by atoms with Crippen molar-refractivity contribution >= 4 is 28.2 Å². The summed E-state index contributed by atoms with van der Waals surface area (Å²) in [5.74, 6) is 0. The van der Waals surface area contributed by atoms with Crippen LogP contribution in [0.1, 0.15) is 22.3 Å². The molecule has 126 valence electrons. The van der Waals surface area contributed by atoms with Crippen molar-refractivity contribution in [3.63, 3.8) is 0 Å². The molecule has 0 fully saturated rings. The maximum Gasteiger partial charge on any atom is 0.0618 e. The van der Waals surface area contributed by atoms with Gasteiger partial charge in [0.15, 0.2) is 0 Å². The highest BCUT2D eigenvalue weighted by molar-refractivity contribution is 6.17. The maximum absolute atomic E-state index is 8.22. The van der Waals surface area contributed by atoms with Gasteiger partial charge in [-0.2, -0.15) is 0 Å². The number of allylic oxidation sites excluding steroid dienone is 3. The lowest BCUT2D eigenvalue weighted by atomic mass is 9.84. The fraction of sp³-hybridized carbons (Fsp3) is 0. The van der Waals surface area contributed by atoms with Gasteiger partial charge in [0, 0.05) is 16.9 Å². The van der Waals surface area contributed by atoms with Crippen LogP contribution in [-0.2, 0) is 0 Å². The van der Waals surface area contributed by atoms with Gasteiger partial charge in [-0.15, -0.1) is 0 Å². The summed E-state index contributed by atoms with van der Waals surface area (Å²) in [6.45, 7) is 0. The summed E-state index contributed by atoms with van der Waals surface area (Å²) in [5, 5.41) is 8.22. The molecule has 26 heavy (non-hydrogen) atoms. The number of rotatable bonds is 2. The van der Waals surface area contributed by atoms with Crippen LogP contribution in [0.15, 0.2) is 84.9 Å². The minimum atomic E-state index is 0.526. The molecule has 0 saturated carbocycles. The molecule has 0 aromatic heterocycles. The molecule has 0 atom stereocenters. The zero-order valence-corrected chi connectivity index (χ0v) is 14.2. The first-order chi connectivity index (χ1) is 12.6. The average Bonchev–Trinajstić information content (AvgIpc) is 2.67. The fourth-order valence-electron chi connectivity index (χ4n) is 3.29. The Kier molecular flexibility index (Phi) is 3.90. The Morgan fingerprint density at radius 1 is 0.615 bits per heavy atom. The lowest BCUT2D eigenvalue weighted by Crippen LogP contribution is -2.06.